The van der Waals surface area contributed by atoms with E-state index < -0.39 is 12.0 Å². The van der Waals surface area contributed by atoms with E-state index in [0.717, 1.165) is 5.56 Å². The Balaban J connectivity index is 1.39. The Hall–Kier alpha value is -3.18. The maximum atomic E-state index is 13.1. The van der Waals surface area contributed by atoms with Crippen molar-refractivity contribution < 1.29 is 27.2 Å². The highest BCUT2D eigenvalue weighted by molar-refractivity contribution is 5.73. The zero-order chi connectivity index (χ0) is 21.5. The number of esters is 1. The molecule has 1 fully saturated rings. The zero-order valence-corrected chi connectivity index (χ0v) is 16.3. The van der Waals surface area contributed by atoms with Gasteiger partial charge in [0.05, 0.1) is 17.2 Å². The topological polar surface area (TPSA) is 98.7 Å². The highest BCUT2D eigenvalue weighted by Crippen LogP contribution is 2.29. The second kappa shape index (κ2) is 7.58. The summed E-state index contributed by atoms with van der Waals surface area (Å²) in [4.78, 5) is 14.2. The third kappa shape index (κ3) is 3.81. The first-order valence-corrected chi connectivity index (χ1v) is 9.37. The summed E-state index contributed by atoms with van der Waals surface area (Å²) in [7, 11) is 0. The number of halogens is 3. The molecule has 3 aromatic heterocycles. The van der Waals surface area contributed by atoms with Crippen LogP contribution < -0.4 is 4.90 Å². The van der Waals surface area contributed by atoms with Gasteiger partial charge in [-0.3, -0.25) is 4.79 Å². The summed E-state index contributed by atoms with van der Waals surface area (Å²) < 4.78 is 50.3. The lowest BCUT2D eigenvalue weighted by molar-refractivity contribution is -0.150. The van der Waals surface area contributed by atoms with Crippen molar-refractivity contribution in [2.45, 2.75) is 39.5 Å². The quantitative estimate of drug-likeness (QED) is 0.590. The molecule has 4 heterocycles. The average Bonchev–Trinajstić information content (AvgIpc) is 3.29. The van der Waals surface area contributed by atoms with E-state index in [1.807, 2.05) is 4.90 Å². The van der Waals surface area contributed by atoms with Crippen LogP contribution in [-0.4, -0.2) is 44.0 Å². The largest absolute Gasteiger partial charge is 0.460 e. The molecule has 0 aromatic carbocycles. The molecule has 0 bridgehead atoms. The molecule has 0 spiro atoms. The lowest BCUT2D eigenvalue weighted by atomic mass is 9.97. The van der Waals surface area contributed by atoms with E-state index in [-0.39, 0.29) is 24.1 Å². The number of carbonyl (C=O) groups is 1. The molecule has 1 saturated heterocycles. The Kier molecular flexibility index (Phi) is 5.08. The first-order valence-electron chi connectivity index (χ1n) is 9.37. The van der Waals surface area contributed by atoms with Gasteiger partial charge in [0.15, 0.2) is 5.65 Å². The second-order valence-electron chi connectivity index (χ2n) is 7.15. The third-order valence-corrected chi connectivity index (χ3v) is 5.19. The number of nitrogens with zero attached hydrogens (tertiary/aromatic N) is 6. The average molecular weight is 424 g/mol. The van der Waals surface area contributed by atoms with Crippen molar-refractivity contribution >= 4 is 17.4 Å². The number of ether oxygens (including phenoxy) is 1. The van der Waals surface area contributed by atoms with Crippen molar-refractivity contribution in [1.82, 2.24) is 25.0 Å². The molecule has 0 saturated carbocycles. The summed E-state index contributed by atoms with van der Waals surface area (Å²) in [6.45, 7) is 4.57. The van der Waals surface area contributed by atoms with Gasteiger partial charge < -0.3 is 14.2 Å². The predicted octanol–water partition coefficient (Wildman–Crippen LogP) is 2.71. The Morgan fingerprint density at radius 3 is 2.60 bits per heavy atom. The predicted molar refractivity (Wildman–Crippen MR) is 96.5 cm³/mol. The number of anilines is 1. The van der Waals surface area contributed by atoms with Crippen molar-refractivity contribution in [3.8, 4) is 0 Å². The van der Waals surface area contributed by atoms with Crippen molar-refractivity contribution in [3.05, 3.63) is 35.0 Å². The first-order chi connectivity index (χ1) is 14.2. The Morgan fingerprint density at radius 1 is 1.23 bits per heavy atom. The number of alkyl halides is 3. The van der Waals surface area contributed by atoms with Gasteiger partial charge >= 0.3 is 12.1 Å². The highest BCUT2D eigenvalue weighted by Gasteiger charge is 2.38. The fraction of sp³-hybridized carbons (Fsp3) is 0.500. The summed E-state index contributed by atoms with van der Waals surface area (Å²) in [5.41, 5.74) is 1.46. The van der Waals surface area contributed by atoms with Gasteiger partial charge in [0.1, 0.15) is 18.2 Å². The van der Waals surface area contributed by atoms with Gasteiger partial charge in [-0.1, -0.05) is 5.16 Å². The number of aryl methyl sites for hydroxylation is 2. The normalized spacial score (nSPS) is 15.7. The van der Waals surface area contributed by atoms with Gasteiger partial charge in [-0.2, -0.15) is 17.7 Å². The summed E-state index contributed by atoms with van der Waals surface area (Å²) in [5, 5.41) is 14.6. The number of rotatable bonds is 4. The number of aromatic nitrogens is 5. The molecule has 4 rings (SSSR count). The molecule has 1 aliphatic heterocycles. The maximum absolute atomic E-state index is 13.1. The smallest absolute Gasteiger partial charge is 0.453 e. The van der Waals surface area contributed by atoms with Crippen LogP contribution in [0, 0.1) is 19.8 Å². The van der Waals surface area contributed by atoms with Crippen LogP contribution in [0.25, 0.3) is 5.65 Å². The molecule has 9 nitrogen and oxygen atoms in total. The molecule has 0 unspecified atom stereocenters. The van der Waals surface area contributed by atoms with Crippen LogP contribution >= 0.6 is 0 Å². The van der Waals surface area contributed by atoms with E-state index >= 15 is 0 Å². The fourth-order valence-electron chi connectivity index (χ4n) is 3.44. The summed E-state index contributed by atoms with van der Waals surface area (Å²) >= 11 is 0. The van der Waals surface area contributed by atoms with Crippen molar-refractivity contribution in [2.24, 2.45) is 5.92 Å². The first kappa shape index (κ1) is 20.1. The molecular weight excluding hydrogens is 405 g/mol. The van der Waals surface area contributed by atoms with Crippen LogP contribution in [0.2, 0.25) is 0 Å². The Bertz CT molecular complexity index is 1050. The minimum Gasteiger partial charge on any atom is -0.460 e. The number of fused-ring (bicyclic) bond motifs is 1. The molecular formula is C18H19F3N6O3. The van der Waals surface area contributed by atoms with E-state index in [1.165, 1.54) is 6.07 Å². The zero-order valence-electron chi connectivity index (χ0n) is 16.3. The molecule has 1 aliphatic rings. The van der Waals surface area contributed by atoms with E-state index in [4.69, 9.17) is 9.26 Å². The van der Waals surface area contributed by atoms with Crippen LogP contribution in [-0.2, 0) is 22.3 Å². The van der Waals surface area contributed by atoms with E-state index in [1.54, 1.807) is 19.9 Å². The molecule has 0 atom stereocenters. The van der Waals surface area contributed by atoms with Gasteiger partial charge in [-0.25, -0.2) is 0 Å². The van der Waals surface area contributed by atoms with Crippen molar-refractivity contribution in [3.63, 3.8) is 0 Å². The second-order valence-corrected chi connectivity index (χ2v) is 7.15. The Morgan fingerprint density at radius 2 is 1.97 bits per heavy atom. The molecule has 12 heteroatoms. The van der Waals surface area contributed by atoms with Crippen LogP contribution in [0.3, 0.4) is 0 Å². The Labute approximate surface area is 168 Å². The van der Waals surface area contributed by atoms with Gasteiger partial charge in [0, 0.05) is 13.1 Å². The maximum Gasteiger partial charge on any atom is 0.453 e. The molecule has 30 heavy (non-hydrogen) atoms. The molecule has 0 amide bonds. The number of hydrogen-bond acceptors (Lipinski definition) is 8. The molecule has 0 radical (unpaired) electrons. The minimum absolute atomic E-state index is 0.0175. The van der Waals surface area contributed by atoms with Crippen LogP contribution in [0.15, 0.2) is 16.7 Å². The molecule has 3 aromatic rings. The highest BCUT2D eigenvalue weighted by atomic mass is 19.4. The minimum atomic E-state index is -4.65. The summed E-state index contributed by atoms with van der Waals surface area (Å²) in [6.07, 6.45) is -3.63. The van der Waals surface area contributed by atoms with Crippen LogP contribution in [0.5, 0.6) is 0 Å². The van der Waals surface area contributed by atoms with Gasteiger partial charge in [-0.15, -0.1) is 15.3 Å². The number of carbonyl (C=O) groups excluding carboxylic acids is 1. The summed E-state index contributed by atoms with van der Waals surface area (Å²) in [5.74, 6) is -0.779. The van der Waals surface area contributed by atoms with Gasteiger partial charge in [0.25, 0.3) is 5.82 Å². The van der Waals surface area contributed by atoms with E-state index in [2.05, 4.69) is 20.5 Å². The fourth-order valence-corrected chi connectivity index (χ4v) is 3.44. The van der Waals surface area contributed by atoms with Crippen molar-refractivity contribution in [1.29, 1.82) is 0 Å². The van der Waals surface area contributed by atoms with Gasteiger partial charge in [-0.05, 0) is 38.8 Å². The molecule has 0 aliphatic carbocycles. The molecule has 0 N–H and O–H groups in total. The van der Waals surface area contributed by atoms with Crippen molar-refractivity contribution in [2.75, 3.05) is 18.0 Å². The lowest BCUT2D eigenvalue weighted by Gasteiger charge is -2.31. The number of piperidine rings is 1. The molecule has 160 valence electrons. The standard InChI is InChI=1S/C18H19F3N6O3/c1-10-13(11(2)30-25-10)9-29-16(28)12-5-7-26(8-6-12)15-4-3-14-22-23-17(18(19,20)21)27(14)24-15/h3-4,12H,5-9H2,1-2H3. The van der Waals surface area contributed by atoms with E-state index in [0.29, 0.717) is 47.7 Å². The third-order valence-electron chi connectivity index (χ3n) is 5.19. The SMILES string of the molecule is Cc1noc(C)c1COC(=O)C1CCN(c2ccc3nnc(C(F)(F)F)n3n2)CC1. The lowest BCUT2D eigenvalue weighted by Crippen LogP contribution is -2.37. The number of hydrogen-bond donors (Lipinski definition) is 0. The van der Waals surface area contributed by atoms with Crippen LogP contribution in [0.4, 0.5) is 19.0 Å². The monoisotopic (exact) mass is 424 g/mol. The van der Waals surface area contributed by atoms with Crippen LogP contribution in [0.1, 0.15) is 35.7 Å². The van der Waals surface area contributed by atoms with E-state index in [9.17, 15) is 18.0 Å². The van der Waals surface area contributed by atoms with Gasteiger partial charge in [0.2, 0.25) is 0 Å². The summed E-state index contributed by atoms with van der Waals surface area (Å²) in [6, 6.07) is 3.04.